The molecule has 0 atom stereocenters. The molecule has 0 saturated heterocycles. The lowest BCUT2D eigenvalue weighted by Gasteiger charge is -2.04. The molecule has 0 bridgehead atoms. The summed E-state index contributed by atoms with van der Waals surface area (Å²) in [5, 5.41) is 11.7. The van der Waals surface area contributed by atoms with E-state index in [1.807, 2.05) is 6.07 Å². The molecule has 0 aliphatic heterocycles. The Kier molecular flexibility index (Phi) is 2.69. The number of hydrogen-bond acceptors (Lipinski definition) is 6. The molecule has 0 aliphatic carbocycles. The van der Waals surface area contributed by atoms with Crippen LogP contribution in [0, 0.1) is 18.3 Å². The van der Waals surface area contributed by atoms with E-state index in [4.69, 9.17) is 9.68 Å². The summed E-state index contributed by atoms with van der Waals surface area (Å²) in [5.41, 5.74) is 1.64. The van der Waals surface area contributed by atoms with Crippen molar-refractivity contribution >= 4 is 22.6 Å². The Hall–Kier alpha value is -3.14. The van der Waals surface area contributed by atoms with Crippen LogP contribution in [0.2, 0.25) is 0 Å². The Bertz CT molecular complexity index is 888. The van der Waals surface area contributed by atoms with Gasteiger partial charge in [-0.3, -0.25) is 4.98 Å². The SMILES string of the molecule is Cc1nc2ccc(Nc3cc(C#N)[nH]c(=O)n3)cc2o1. The average Bonchev–Trinajstić information content (AvgIpc) is 2.77. The molecule has 2 heterocycles. The van der Waals surface area contributed by atoms with Gasteiger partial charge in [-0.1, -0.05) is 0 Å². The first kappa shape index (κ1) is 11.9. The van der Waals surface area contributed by atoms with E-state index in [9.17, 15) is 4.79 Å². The fourth-order valence-corrected chi connectivity index (χ4v) is 1.85. The van der Waals surface area contributed by atoms with E-state index in [-0.39, 0.29) is 5.69 Å². The van der Waals surface area contributed by atoms with Gasteiger partial charge in [-0.25, -0.2) is 9.78 Å². The molecule has 3 rings (SSSR count). The van der Waals surface area contributed by atoms with Crippen molar-refractivity contribution in [1.29, 1.82) is 5.26 Å². The van der Waals surface area contributed by atoms with Crippen LogP contribution >= 0.6 is 0 Å². The number of benzene rings is 1. The molecule has 20 heavy (non-hydrogen) atoms. The van der Waals surface area contributed by atoms with E-state index in [1.165, 1.54) is 6.07 Å². The predicted molar refractivity (Wildman–Crippen MR) is 71.6 cm³/mol. The summed E-state index contributed by atoms with van der Waals surface area (Å²) in [7, 11) is 0. The highest BCUT2D eigenvalue weighted by molar-refractivity contribution is 5.78. The number of anilines is 2. The molecule has 0 unspecified atom stereocenters. The Balaban J connectivity index is 1.98. The van der Waals surface area contributed by atoms with Crippen molar-refractivity contribution in [1.82, 2.24) is 15.0 Å². The van der Waals surface area contributed by atoms with Crippen LogP contribution in [0.15, 0.2) is 33.5 Å². The lowest BCUT2D eigenvalue weighted by atomic mass is 10.3. The van der Waals surface area contributed by atoms with Gasteiger partial charge in [0.2, 0.25) is 0 Å². The fourth-order valence-electron chi connectivity index (χ4n) is 1.85. The quantitative estimate of drug-likeness (QED) is 0.733. The standard InChI is InChI=1S/C13H9N5O2/c1-7-15-10-3-2-8(4-11(10)20-7)16-12-5-9(6-14)17-13(19)18-12/h2-5H,1H3,(H2,16,17,18,19). The Morgan fingerprint density at radius 1 is 1.35 bits per heavy atom. The van der Waals surface area contributed by atoms with Gasteiger partial charge in [-0.2, -0.15) is 10.2 Å². The first-order valence-electron chi connectivity index (χ1n) is 5.80. The first-order chi connectivity index (χ1) is 9.64. The number of nitriles is 1. The fraction of sp³-hybridized carbons (Fsp3) is 0.0769. The maximum absolute atomic E-state index is 11.3. The van der Waals surface area contributed by atoms with E-state index < -0.39 is 5.69 Å². The molecule has 7 heteroatoms. The summed E-state index contributed by atoms with van der Waals surface area (Å²) in [6, 6.07) is 8.66. The van der Waals surface area contributed by atoms with Crippen molar-refractivity contribution < 1.29 is 4.42 Å². The molecule has 7 nitrogen and oxygen atoms in total. The minimum atomic E-state index is -0.580. The van der Waals surface area contributed by atoms with Crippen molar-refractivity contribution in [3.63, 3.8) is 0 Å². The highest BCUT2D eigenvalue weighted by Gasteiger charge is 2.05. The number of H-pyrrole nitrogens is 1. The summed E-state index contributed by atoms with van der Waals surface area (Å²) >= 11 is 0. The van der Waals surface area contributed by atoms with Gasteiger partial charge in [0.1, 0.15) is 23.1 Å². The largest absolute Gasteiger partial charge is 0.441 e. The zero-order chi connectivity index (χ0) is 14.1. The van der Waals surface area contributed by atoms with E-state index >= 15 is 0 Å². The number of aryl methyl sites for hydroxylation is 1. The molecule has 0 aliphatic rings. The van der Waals surface area contributed by atoms with Crippen LogP contribution in [-0.4, -0.2) is 15.0 Å². The van der Waals surface area contributed by atoms with Gasteiger partial charge in [0.25, 0.3) is 0 Å². The van der Waals surface area contributed by atoms with Crippen molar-refractivity contribution in [2.45, 2.75) is 6.92 Å². The van der Waals surface area contributed by atoms with Gasteiger partial charge in [-0.05, 0) is 12.1 Å². The average molecular weight is 267 g/mol. The molecular weight excluding hydrogens is 258 g/mol. The smallest absolute Gasteiger partial charge is 0.347 e. The molecule has 0 saturated carbocycles. The number of fused-ring (bicyclic) bond motifs is 1. The molecule has 2 N–H and O–H groups in total. The van der Waals surface area contributed by atoms with E-state index in [1.54, 1.807) is 25.1 Å². The number of nitrogens with zero attached hydrogens (tertiary/aromatic N) is 3. The molecule has 1 aromatic carbocycles. The van der Waals surface area contributed by atoms with E-state index in [0.29, 0.717) is 23.0 Å². The molecule has 0 fully saturated rings. The van der Waals surface area contributed by atoms with Crippen LogP contribution in [0.3, 0.4) is 0 Å². The third-order valence-electron chi connectivity index (χ3n) is 2.63. The number of hydrogen-bond donors (Lipinski definition) is 2. The third-order valence-corrected chi connectivity index (χ3v) is 2.63. The second-order valence-corrected chi connectivity index (χ2v) is 4.14. The van der Waals surface area contributed by atoms with Crippen LogP contribution in [0.4, 0.5) is 11.5 Å². The molecule has 0 spiro atoms. The summed E-state index contributed by atoms with van der Waals surface area (Å²) in [6.45, 7) is 1.77. The summed E-state index contributed by atoms with van der Waals surface area (Å²) in [5.74, 6) is 0.874. The highest BCUT2D eigenvalue weighted by Crippen LogP contribution is 2.21. The minimum absolute atomic E-state index is 0.143. The van der Waals surface area contributed by atoms with Gasteiger partial charge >= 0.3 is 5.69 Å². The molecule has 2 aromatic heterocycles. The second kappa shape index (κ2) is 4.51. The van der Waals surface area contributed by atoms with Crippen LogP contribution in [-0.2, 0) is 0 Å². The lowest BCUT2D eigenvalue weighted by Crippen LogP contribution is -2.13. The molecular formula is C13H9N5O2. The van der Waals surface area contributed by atoms with Gasteiger partial charge in [0.15, 0.2) is 11.5 Å². The van der Waals surface area contributed by atoms with Crippen LogP contribution in [0.5, 0.6) is 0 Å². The van der Waals surface area contributed by atoms with Gasteiger partial charge in [-0.15, -0.1) is 0 Å². The van der Waals surface area contributed by atoms with Crippen molar-refractivity contribution in [2.24, 2.45) is 0 Å². The maximum Gasteiger partial charge on any atom is 0.347 e. The topological polar surface area (TPSA) is 108 Å². The summed E-state index contributed by atoms with van der Waals surface area (Å²) in [4.78, 5) is 21.5. The molecule has 3 aromatic rings. The second-order valence-electron chi connectivity index (χ2n) is 4.14. The zero-order valence-electron chi connectivity index (χ0n) is 10.5. The maximum atomic E-state index is 11.3. The van der Waals surface area contributed by atoms with Crippen LogP contribution in [0.1, 0.15) is 11.6 Å². The number of nitrogens with one attached hydrogen (secondary N) is 2. The zero-order valence-corrected chi connectivity index (χ0v) is 10.5. The first-order valence-corrected chi connectivity index (χ1v) is 5.80. The van der Waals surface area contributed by atoms with Crippen LogP contribution in [0.25, 0.3) is 11.1 Å². The van der Waals surface area contributed by atoms with Crippen molar-refractivity contribution in [3.05, 3.63) is 46.3 Å². The third kappa shape index (κ3) is 2.22. The van der Waals surface area contributed by atoms with E-state index in [2.05, 4.69) is 20.3 Å². The number of oxazole rings is 1. The highest BCUT2D eigenvalue weighted by atomic mass is 16.3. The molecule has 0 radical (unpaired) electrons. The number of aromatic amines is 1. The Morgan fingerprint density at radius 3 is 3.00 bits per heavy atom. The number of aromatic nitrogens is 3. The van der Waals surface area contributed by atoms with Gasteiger partial charge in [0.05, 0.1) is 0 Å². The monoisotopic (exact) mass is 267 g/mol. The number of rotatable bonds is 2. The Labute approximate surface area is 112 Å². The van der Waals surface area contributed by atoms with Crippen molar-refractivity contribution in [3.8, 4) is 6.07 Å². The van der Waals surface area contributed by atoms with E-state index in [0.717, 1.165) is 5.52 Å². The summed E-state index contributed by atoms with van der Waals surface area (Å²) in [6.07, 6.45) is 0. The lowest BCUT2D eigenvalue weighted by molar-refractivity contribution is 0.561. The van der Waals surface area contributed by atoms with Gasteiger partial charge in [0, 0.05) is 24.7 Å². The van der Waals surface area contributed by atoms with Crippen molar-refractivity contribution in [2.75, 3.05) is 5.32 Å². The summed E-state index contributed by atoms with van der Waals surface area (Å²) < 4.78 is 5.42. The van der Waals surface area contributed by atoms with Gasteiger partial charge < -0.3 is 9.73 Å². The molecule has 98 valence electrons. The predicted octanol–water partition coefficient (Wildman–Crippen LogP) is 1.83. The van der Waals surface area contributed by atoms with Crippen LogP contribution < -0.4 is 11.0 Å². The normalized spacial score (nSPS) is 10.4. The molecule has 0 amide bonds. The minimum Gasteiger partial charge on any atom is -0.441 e. The Morgan fingerprint density at radius 2 is 2.20 bits per heavy atom.